The van der Waals surface area contributed by atoms with Crippen LogP contribution in [0.15, 0.2) is 47.7 Å². The van der Waals surface area contributed by atoms with Crippen molar-refractivity contribution in [3.05, 3.63) is 47.7 Å². The lowest BCUT2D eigenvalue weighted by Crippen LogP contribution is -2.08. The van der Waals surface area contributed by atoms with Gasteiger partial charge >= 0.3 is 0 Å². The van der Waals surface area contributed by atoms with Crippen molar-refractivity contribution in [1.82, 2.24) is 0 Å². The number of nitrogens with two attached hydrogens (primary N) is 1. The van der Waals surface area contributed by atoms with Crippen LogP contribution in [0.2, 0.25) is 0 Å². The van der Waals surface area contributed by atoms with E-state index in [1.165, 1.54) is 5.57 Å². The summed E-state index contributed by atoms with van der Waals surface area (Å²) in [5.41, 5.74) is 8.95. The van der Waals surface area contributed by atoms with Gasteiger partial charge in [0.25, 0.3) is 0 Å². The van der Waals surface area contributed by atoms with Gasteiger partial charge in [-0.15, -0.1) is 0 Å². The average molecular weight is 189 g/mol. The maximum absolute atomic E-state index is 5.65. The van der Waals surface area contributed by atoms with Crippen LogP contribution in [-0.4, -0.2) is 0 Å². The Morgan fingerprint density at radius 2 is 2.00 bits per heavy atom. The predicted octanol–water partition coefficient (Wildman–Crippen LogP) is 3.32. The summed E-state index contributed by atoms with van der Waals surface area (Å²) in [4.78, 5) is 0. The number of hydrogen-bond donors (Lipinski definition) is 1. The lowest BCUT2D eigenvalue weighted by molar-refractivity contribution is 0.494. The Balaban J connectivity index is 2.97. The molecule has 1 heteroatoms. The molecule has 14 heavy (non-hydrogen) atoms. The van der Waals surface area contributed by atoms with Crippen molar-refractivity contribution < 1.29 is 0 Å². The van der Waals surface area contributed by atoms with Gasteiger partial charge < -0.3 is 5.73 Å². The van der Waals surface area contributed by atoms with Crippen molar-refractivity contribution in [2.45, 2.75) is 27.2 Å². The molecule has 0 unspecified atom stereocenters. The Labute approximate surface area is 86.7 Å². The van der Waals surface area contributed by atoms with Gasteiger partial charge in [-0.05, 0) is 17.4 Å². The van der Waals surface area contributed by atoms with Crippen molar-refractivity contribution in [2.75, 3.05) is 0 Å². The van der Waals surface area contributed by atoms with Crippen LogP contribution in [0.4, 0.5) is 0 Å². The molecule has 0 aromatic rings. The summed E-state index contributed by atoms with van der Waals surface area (Å²) in [5, 5.41) is 0. The third-order valence-corrected chi connectivity index (χ3v) is 2.43. The smallest absolute Gasteiger partial charge is 0.0314 e. The third-order valence-electron chi connectivity index (χ3n) is 2.43. The first-order valence-electron chi connectivity index (χ1n) is 4.94. The largest absolute Gasteiger partial charge is 0.399 e. The van der Waals surface area contributed by atoms with Gasteiger partial charge in [-0.3, -0.25) is 0 Å². The Hall–Kier alpha value is -1.24. The first-order chi connectivity index (χ1) is 6.41. The Kier molecular flexibility index (Phi) is 3.00. The second-order valence-electron chi connectivity index (χ2n) is 4.70. The molecule has 1 aliphatic carbocycles. The molecular formula is C13H19N. The van der Waals surface area contributed by atoms with Crippen LogP contribution < -0.4 is 5.73 Å². The predicted molar refractivity (Wildman–Crippen MR) is 62.7 cm³/mol. The van der Waals surface area contributed by atoms with E-state index in [4.69, 9.17) is 5.73 Å². The number of rotatable bonds is 1. The van der Waals surface area contributed by atoms with Gasteiger partial charge in [-0.25, -0.2) is 0 Å². The van der Waals surface area contributed by atoms with Crippen molar-refractivity contribution >= 4 is 0 Å². The molecule has 0 heterocycles. The summed E-state index contributed by atoms with van der Waals surface area (Å²) >= 11 is 0. The topological polar surface area (TPSA) is 26.0 Å². The first kappa shape index (κ1) is 10.8. The van der Waals surface area contributed by atoms with Gasteiger partial charge in [0.15, 0.2) is 0 Å². The second-order valence-corrected chi connectivity index (χ2v) is 4.70. The first-order valence-corrected chi connectivity index (χ1v) is 4.94. The molecule has 1 aliphatic rings. The van der Waals surface area contributed by atoms with Crippen LogP contribution in [0.5, 0.6) is 0 Å². The van der Waals surface area contributed by atoms with Gasteiger partial charge in [0.05, 0.1) is 0 Å². The molecule has 0 aromatic heterocycles. The van der Waals surface area contributed by atoms with Crippen LogP contribution in [0.25, 0.3) is 0 Å². The molecule has 76 valence electrons. The van der Waals surface area contributed by atoms with Gasteiger partial charge in [-0.2, -0.15) is 0 Å². The van der Waals surface area contributed by atoms with E-state index in [1.807, 2.05) is 12.2 Å². The van der Waals surface area contributed by atoms with Gasteiger partial charge in [0.1, 0.15) is 0 Å². The highest BCUT2D eigenvalue weighted by Crippen LogP contribution is 2.30. The second kappa shape index (κ2) is 3.87. The molecule has 0 aromatic carbocycles. The van der Waals surface area contributed by atoms with Crippen LogP contribution >= 0.6 is 0 Å². The molecule has 1 nitrogen and oxygen atoms in total. The van der Waals surface area contributed by atoms with Crippen LogP contribution in [0.1, 0.15) is 27.2 Å². The summed E-state index contributed by atoms with van der Waals surface area (Å²) in [6, 6.07) is 0. The minimum atomic E-state index is 0.228. The molecular weight excluding hydrogens is 170 g/mol. The zero-order valence-electron chi connectivity index (χ0n) is 9.30. The van der Waals surface area contributed by atoms with Crippen molar-refractivity contribution in [3.8, 4) is 0 Å². The normalized spacial score (nSPS) is 17.1. The summed E-state index contributed by atoms with van der Waals surface area (Å²) in [5.74, 6) is 0. The summed E-state index contributed by atoms with van der Waals surface area (Å²) in [6.45, 7) is 10.4. The molecule has 2 N–H and O–H groups in total. The highest BCUT2D eigenvalue weighted by atomic mass is 14.6. The lowest BCUT2D eigenvalue weighted by Gasteiger charge is -2.21. The molecule has 1 rings (SSSR count). The fourth-order valence-corrected chi connectivity index (χ4v) is 1.40. The van der Waals surface area contributed by atoms with E-state index in [-0.39, 0.29) is 5.41 Å². The van der Waals surface area contributed by atoms with Crippen LogP contribution in [-0.2, 0) is 0 Å². The molecule has 0 radical (unpaired) electrons. The maximum atomic E-state index is 5.65. The minimum Gasteiger partial charge on any atom is -0.399 e. The highest BCUT2D eigenvalue weighted by Gasteiger charge is 2.15. The zero-order chi connectivity index (χ0) is 10.8. The number of allylic oxidation sites excluding steroid dienone is 5. The van der Waals surface area contributed by atoms with E-state index in [1.54, 1.807) is 0 Å². The van der Waals surface area contributed by atoms with Crippen molar-refractivity contribution in [2.24, 2.45) is 11.1 Å². The Bertz CT molecular complexity index is 322. The molecule has 0 fully saturated rings. The van der Waals surface area contributed by atoms with Gasteiger partial charge in [-0.1, -0.05) is 57.2 Å². The average Bonchev–Trinajstić information content (AvgIpc) is 2.26. The standard InChI is InChI=1S/C13H19N/c1-10(14)11-6-5-7-12(9-8-11)13(2,3)4/h5-6,8-9H,1,7,14H2,2-4H3. The summed E-state index contributed by atoms with van der Waals surface area (Å²) in [7, 11) is 0. The lowest BCUT2D eigenvalue weighted by atomic mass is 9.84. The van der Waals surface area contributed by atoms with E-state index in [0.29, 0.717) is 5.70 Å². The Morgan fingerprint density at radius 1 is 1.36 bits per heavy atom. The maximum Gasteiger partial charge on any atom is 0.0314 e. The molecule has 0 bridgehead atoms. The highest BCUT2D eigenvalue weighted by molar-refractivity contribution is 5.42. The van der Waals surface area contributed by atoms with Crippen molar-refractivity contribution in [3.63, 3.8) is 0 Å². The van der Waals surface area contributed by atoms with E-state index in [2.05, 4.69) is 39.5 Å². The van der Waals surface area contributed by atoms with Gasteiger partial charge in [0, 0.05) is 5.70 Å². The van der Waals surface area contributed by atoms with Crippen molar-refractivity contribution in [1.29, 1.82) is 0 Å². The van der Waals surface area contributed by atoms with Gasteiger partial charge in [0.2, 0.25) is 0 Å². The molecule has 0 spiro atoms. The molecule has 0 atom stereocenters. The molecule has 0 amide bonds. The van der Waals surface area contributed by atoms with E-state index in [9.17, 15) is 0 Å². The molecule has 0 aliphatic heterocycles. The van der Waals surface area contributed by atoms with E-state index >= 15 is 0 Å². The summed E-state index contributed by atoms with van der Waals surface area (Å²) < 4.78 is 0. The van der Waals surface area contributed by atoms with E-state index < -0.39 is 0 Å². The molecule has 0 saturated heterocycles. The monoisotopic (exact) mass is 189 g/mol. The van der Waals surface area contributed by atoms with E-state index in [0.717, 1.165) is 12.0 Å². The number of hydrogen-bond acceptors (Lipinski definition) is 1. The minimum absolute atomic E-state index is 0.228. The molecule has 0 saturated carbocycles. The third kappa shape index (κ3) is 2.63. The summed E-state index contributed by atoms with van der Waals surface area (Å²) in [6.07, 6.45) is 9.39. The van der Waals surface area contributed by atoms with Crippen LogP contribution in [0, 0.1) is 5.41 Å². The zero-order valence-corrected chi connectivity index (χ0v) is 9.30. The SMILES string of the molecule is C=C(N)C1=CC=C(C(C)(C)C)CC=C1. The quantitative estimate of drug-likeness (QED) is 0.672. The van der Waals surface area contributed by atoms with Crippen LogP contribution in [0.3, 0.4) is 0 Å². The fourth-order valence-electron chi connectivity index (χ4n) is 1.40. The fraction of sp³-hybridized carbons (Fsp3) is 0.385. The Morgan fingerprint density at radius 3 is 2.50 bits per heavy atom.